The molecule has 1 heterocycles. The van der Waals surface area contributed by atoms with Crippen molar-refractivity contribution in [2.45, 2.75) is 25.8 Å². The fraction of sp³-hybridized carbons (Fsp3) is 0.333. The van der Waals surface area contributed by atoms with Crippen molar-refractivity contribution in [1.29, 1.82) is 0 Å². The van der Waals surface area contributed by atoms with Crippen molar-refractivity contribution in [2.75, 3.05) is 25.2 Å². The number of carbonyl (C=O) groups excluding carboxylic acids is 2. The second kappa shape index (κ2) is 9.07. The number of hydrogen-bond donors (Lipinski definition) is 1. The number of piperidine rings is 1. The molecule has 0 radical (unpaired) electrons. The Morgan fingerprint density at radius 2 is 1.89 bits per heavy atom. The SMILES string of the molecule is COc1ccc(OCC(=O)NCc2cccc(N3CCCCC3=O)c2)cc1. The second-order valence-corrected chi connectivity index (χ2v) is 6.41. The molecule has 6 nitrogen and oxygen atoms in total. The molecule has 142 valence electrons. The Kier molecular flexibility index (Phi) is 6.30. The third-order valence-corrected chi connectivity index (χ3v) is 4.46. The molecule has 0 spiro atoms. The summed E-state index contributed by atoms with van der Waals surface area (Å²) in [6.45, 7) is 1.08. The third kappa shape index (κ3) is 5.23. The number of ether oxygens (including phenoxy) is 2. The molecule has 0 bridgehead atoms. The van der Waals surface area contributed by atoms with E-state index in [0.29, 0.717) is 18.7 Å². The molecule has 0 aliphatic carbocycles. The number of methoxy groups -OCH3 is 1. The third-order valence-electron chi connectivity index (χ3n) is 4.46. The molecular formula is C21H24N2O4. The highest BCUT2D eigenvalue weighted by molar-refractivity contribution is 5.94. The van der Waals surface area contributed by atoms with E-state index in [0.717, 1.165) is 36.4 Å². The first-order valence-corrected chi connectivity index (χ1v) is 9.08. The summed E-state index contributed by atoms with van der Waals surface area (Å²) < 4.78 is 10.6. The second-order valence-electron chi connectivity index (χ2n) is 6.41. The first kappa shape index (κ1) is 18.8. The van der Waals surface area contributed by atoms with Crippen LogP contribution in [0, 0.1) is 0 Å². The first-order chi connectivity index (χ1) is 13.2. The Hall–Kier alpha value is -3.02. The summed E-state index contributed by atoms with van der Waals surface area (Å²) in [5.74, 6) is 1.30. The number of nitrogens with one attached hydrogen (secondary N) is 1. The number of rotatable bonds is 7. The molecule has 0 saturated carbocycles. The zero-order chi connectivity index (χ0) is 19.1. The van der Waals surface area contributed by atoms with Crippen LogP contribution in [0.15, 0.2) is 48.5 Å². The lowest BCUT2D eigenvalue weighted by Gasteiger charge is -2.27. The minimum Gasteiger partial charge on any atom is -0.497 e. The van der Waals surface area contributed by atoms with Crippen molar-refractivity contribution >= 4 is 17.5 Å². The summed E-state index contributed by atoms with van der Waals surface area (Å²) in [7, 11) is 1.60. The summed E-state index contributed by atoms with van der Waals surface area (Å²) in [4.78, 5) is 25.9. The number of benzene rings is 2. The van der Waals surface area contributed by atoms with Gasteiger partial charge in [-0.25, -0.2) is 0 Å². The van der Waals surface area contributed by atoms with Gasteiger partial charge >= 0.3 is 0 Å². The fourth-order valence-electron chi connectivity index (χ4n) is 2.99. The normalized spacial score (nSPS) is 14.0. The molecule has 0 unspecified atom stereocenters. The molecule has 1 N–H and O–H groups in total. The van der Waals surface area contributed by atoms with Crippen LogP contribution in [0.5, 0.6) is 11.5 Å². The summed E-state index contributed by atoms with van der Waals surface area (Å²) in [5.41, 5.74) is 1.84. The van der Waals surface area contributed by atoms with Gasteiger partial charge in [-0.2, -0.15) is 0 Å². The van der Waals surface area contributed by atoms with E-state index >= 15 is 0 Å². The van der Waals surface area contributed by atoms with E-state index in [1.54, 1.807) is 31.4 Å². The van der Waals surface area contributed by atoms with Gasteiger partial charge in [-0.05, 0) is 54.8 Å². The predicted octanol–water partition coefficient (Wildman–Crippen LogP) is 2.91. The number of hydrogen-bond acceptors (Lipinski definition) is 4. The molecular weight excluding hydrogens is 344 g/mol. The Labute approximate surface area is 159 Å². The van der Waals surface area contributed by atoms with E-state index in [2.05, 4.69) is 5.32 Å². The van der Waals surface area contributed by atoms with E-state index in [9.17, 15) is 9.59 Å². The lowest BCUT2D eigenvalue weighted by Crippen LogP contribution is -2.35. The van der Waals surface area contributed by atoms with Gasteiger partial charge < -0.3 is 19.7 Å². The lowest BCUT2D eigenvalue weighted by atomic mass is 10.1. The van der Waals surface area contributed by atoms with Gasteiger partial charge in [0.15, 0.2) is 6.61 Å². The van der Waals surface area contributed by atoms with Crippen LogP contribution in [0.4, 0.5) is 5.69 Å². The van der Waals surface area contributed by atoms with Gasteiger partial charge in [0, 0.05) is 25.2 Å². The van der Waals surface area contributed by atoms with Crippen LogP contribution in [-0.2, 0) is 16.1 Å². The number of anilines is 1. The zero-order valence-electron chi connectivity index (χ0n) is 15.4. The van der Waals surface area contributed by atoms with Gasteiger partial charge in [0.1, 0.15) is 11.5 Å². The minimum absolute atomic E-state index is 0.0589. The van der Waals surface area contributed by atoms with Crippen LogP contribution < -0.4 is 19.7 Å². The quantitative estimate of drug-likeness (QED) is 0.816. The Bertz CT molecular complexity index is 789. The van der Waals surface area contributed by atoms with Gasteiger partial charge in [-0.15, -0.1) is 0 Å². The molecule has 1 fully saturated rings. The Balaban J connectivity index is 1.49. The van der Waals surface area contributed by atoms with Crippen LogP contribution in [0.25, 0.3) is 0 Å². The highest BCUT2D eigenvalue weighted by Crippen LogP contribution is 2.22. The maximum absolute atomic E-state index is 12.1. The topological polar surface area (TPSA) is 67.9 Å². The van der Waals surface area contributed by atoms with Crippen molar-refractivity contribution < 1.29 is 19.1 Å². The molecule has 2 aromatic rings. The standard InChI is InChI=1S/C21H24N2O4/c1-26-18-8-10-19(11-9-18)27-15-20(24)22-14-16-5-4-6-17(13-16)23-12-3-2-7-21(23)25/h4-6,8-11,13H,2-3,7,12,14-15H2,1H3,(H,22,24). The molecule has 1 aliphatic heterocycles. The Morgan fingerprint density at radius 1 is 1.11 bits per heavy atom. The molecule has 3 rings (SSSR count). The highest BCUT2D eigenvalue weighted by Gasteiger charge is 2.19. The minimum atomic E-state index is -0.203. The predicted molar refractivity (Wildman–Crippen MR) is 103 cm³/mol. The number of carbonyl (C=O) groups is 2. The van der Waals surface area contributed by atoms with Gasteiger partial charge in [0.05, 0.1) is 7.11 Å². The van der Waals surface area contributed by atoms with Crippen LogP contribution in [0.3, 0.4) is 0 Å². The van der Waals surface area contributed by atoms with Crippen LogP contribution in [0.2, 0.25) is 0 Å². The summed E-state index contributed by atoms with van der Waals surface area (Å²) in [6, 6.07) is 14.8. The Morgan fingerprint density at radius 3 is 2.63 bits per heavy atom. The summed E-state index contributed by atoms with van der Waals surface area (Å²) in [6.07, 6.45) is 2.58. The van der Waals surface area contributed by atoms with E-state index in [-0.39, 0.29) is 18.4 Å². The van der Waals surface area contributed by atoms with Crippen molar-refractivity contribution in [3.8, 4) is 11.5 Å². The average Bonchev–Trinajstić information content (AvgIpc) is 2.71. The van der Waals surface area contributed by atoms with E-state index in [1.807, 2.05) is 29.2 Å². The van der Waals surface area contributed by atoms with E-state index < -0.39 is 0 Å². The fourth-order valence-corrected chi connectivity index (χ4v) is 2.99. The zero-order valence-corrected chi connectivity index (χ0v) is 15.4. The molecule has 1 aliphatic rings. The van der Waals surface area contributed by atoms with E-state index in [1.165, 1.54) is 0 Å². The van der Waals surface area contributed by atoms with Gasteiger partial charge in [0.25, 0.3) is 5.91 Å². The molecule has 0 aromatic heterocycles. The number of amides is 2. The van der Waals surface area contributed by atoms with Crippen molar-refractivity contribution in [1.82, 2.24) is 5.32 Å². The number of nitrogens with zero attached hydrogens (tertiary/aromatic N) is 1. The largest absolute Gasteiger partial charge is 0.497 e. The maximum Gasteiger partial charge on any atom is 0.258 e. The van der Waals surface area contributed by atoms with Crippen LogP contribution >= 0.6 is 0 Å². The molecule has 2 aromatic carbocycles. The van der Waals surface area contributed by atoms with Crippen molar-refractivity contribution in [2.24, 2.45) is 0 Å². The lowest BCUT2D eigenvalue weighted by molar-refractivity contribution is -0.123. The molecule has 0 atom stereocenters. The molecule has 1 saturated heterocycles. The first-order valence-electron chi connectivity index (χ1n) is 9.08. The summed E-state index contributed by atoms with van der Waals surface area (Å²) in [5, 5.41) is 2.84. The molecule has 2 amide bonds. The van der Waals surface area contributed by atoms with Gasteiger partial charge in [0.2, 0.25) is 5.91 Å². The maximum atomic E-state index is 12.1. The highest BCUT2D eigenvalue weighted by atomic mass is 16.5. The van der Waals surface area contributed by atoms with Crippen LogP contribution in [0.1, 0.15) is 24.8 Å². The summed E-state index contributed by atoms with van der Waals surface area (Å²) >= 11 is 0. The monoisotopic (exact) mass is 368 g/mol. The molecule has 6 heteroatoms. The van der Waals surface area contributed by atoms with Gasteiger partial charge in [-0.3, -0.25) is 9.59 Å². The smallest absolute Gasteiger partial charge is 0.258 e. The van der Waals surface area contributed by atoms with Gasteiger partial charge in [-0.1, -0.05) is 12.1 Å². The van der Waals surface area contributed by atoms with Crippen molar-refractivity contribution in [3.63, 3.8) is 0 Å². The molecule has 27 heavy (non-hydrogen) atoms. The average molecular weight is 368 g/mol. The van der Waals surface area contributed by atoms with Crippen LogP contribution in [-0.4, -0.2) is 32.1 Å². The van der Waals surface area contributed by atoms with E-state index in [4.69, 9.17) is 9.47 Å². The van der Waals surface area contributed by atoms with Crippen molar-refractivity contribution in [3.05, 3.63) is 54.1 Å².